The Balaban J connectivity index is 1.47. The highest BCUT2D eigenvalue weighted by Crippen LogP contribution is 2.40. The minimum atomic E-state index is -4.43. The summed E-state index contributed by atoms with van der Waals surface area (Å²) in [5.41, 5.74) is 2.59. The molecule has 36 heavy (non-hydrogen) atoms. The molecule has 3 atom stereocenters. The molecule has 1 saturated heterocycles. The van der Waals surface area contributed by atoms with Gasteiger partial charge in [0.25, 0.3) is 0 Å². The van der Waals surface area contributed by atoms with E-state index in [-0.39, 0.29) is 24.4 Å². The van der Waals surface area contributed by atoms with Crippen LogP contribution in [0.15, 0.2) is 72.8 Å². The molecule has 0 aromatic heterocycles. The van der Waals surface area contributed by atoms with Crippen molar-refractivity contribution in [2.75, 3.05) is 29.4 Å². The number of carbonyl (C=O) groups is 1. The SMILES string of the molecule is CC(NC(=O)C1Cc2cc(C(F)(F)F)ccc2N2CCN(c3cccc(Cl)c3)CC12)c1ccccc1. The van der Waals surface area contributed by atoms with Crippen LogP contribution in [0.1, 0.15) is 29.7 Å². The van der Waals surface area contributed by atoms with Gasteiger partial charge in [-0.25, -0.2) is 0 Å². The zero-order valence-electron chi connectivity index (χ0n) is 19.8. The molecule has 1 fully saturated rings. The van der Waals surface area contributed by atoms with Crippen LogP contribution >= 0.6 is 11.6 Å². The predicted octanol–water partition coefficient (Wildman–Crippen LogP) is 6.10. The minimum Gasteiger partial charge on any atom is -0.368 e. The van der Waals surface area contributed by atoms with Gasteiger partial charge in [0.2, 0.25) is 5.91 Å². The Morgan fingerprint density at radius 3 is 2.53 bits per heavy atom. The van der Waals surface area contributed by atoms with Crippen molar-refractivity contribution >= 4 is 28.9 Å². The summed E-state index contributed by atoms with van der Waals surface area (Å²) < 4.78 is 40.4. The van der Waals surface area contributed by atoms with Gasteiger partial charge >= 0.3 is 6.18 Å². The van der Waals surface area contributed by atoms with Gasteiger partial charge in [-0.1, -0.05) is 48.0 Å². The van der Waals surface area contributed by atoms with Crippen LogP contribution < -0.4 is 15.1 Å². The van der Waals surface area contributed by atoms with E-state index in [9.17, 15) is 18.0 Å². The Morgan fingerprint density at radius 1 is 1.03 bits per heavy atom. The lowest BCUT2D eigenvalue weighted by Gasteiger charge is -2.50. The summed E-state index contributed by atoms with van der Waals surface area (Å²) in [5, 5.41) is 3.74. The zero-order chi connectivity index (χ0) is 25.4. The predicted molar refractivity (Wildman–Crippen MR) is 136 cm³/mol. The van der Waals surface area contributed by atoms with Crippen LogP contribution in [0.25, 0.3) is 0 Å². The van der Waals surface area contributed by atoms with E-state index < -0.39 is 17.7 Å². The first-order valence-electron chi connectivity index (χ1n) is 12.0. The fourth-order valence-corrected chi connectivity index (χ4v) is 5.54. The van der Waals surface area contributed by atoms with Crippen molar-refractivity contribution < 1.29 is 18.0 Å². The second-order valence-electron chi connectivity index (χ2n) is 9.48. The number of hydrogen-bond acceptors (Lipinski definition) is 3. The Bertz CT molecular complexity index is 1250. The van der Waals surface area contributed by atoms with Gasteiger partial charge in [0.15, 0.2) is 0 Å². The monoisotopic (exact) mass is 513 g/mol. The first-order chi connectivity index (χ1) is 17.2. The molecule has 3 unspecified atom stereocenters. The number of nitrogens with zero attached hydrogens (tertiary/aromatic N) is 2. The molecule has 0 radical (unpaired) electrons. The van der Waals surface area contributed by atoms with Crippen molar-refractivity contribution in [1.29, 1.82) is 0 Å². The second kappa shape index (κ2) is 9.69. The van der Waals surface area contributed by atoms with Gasteiger partial charge < -0.3 is 15.1 Å². The standard InChI is InChI=1S/C28H27ClF3N3O/c1-18(19-6-3-2-4-7-19)33-27(36)24-15-20-14-21(28(30,31)32)10-11-25(20)35-13-12-34(17-26(24)35)23-9-5-8-22(29)16-23/h2-11,14,16,18,24,26H,12-13,15,17H2,1H3,(H,33,36). The lowest BCUT2D eigenvalue weighted by atomic mass is 9.82. The molecule has 3 aromatic carbocycles. The first-order valence-corrected chi connectivity index (χ1v) is 12.4. The molecule has 0 spiro atoms. The molecule has 2 heterocycles. The molecule has 5 rings (SSSR count). The van der Waals surface area contributed by atoms with E-state index in [0.29, 0.717) is 30.2 Å². The summed E-state index contributed by atoms with van der Waals surface area (Å²) >= 11 is 6.22. The Morgan fingerprint density at radius 2 is 1.81 bits per heavy atom. The highest BCUT2D eigenvalue weighted by Gasteiger charge is 2.43. The number of nitrogens with one attached hydrogen (secondary N) is 1. The van der Waals surface area contributed by atoms with E-state index in [4.69, 9.17) is 11.6 Å². The third-order valence-corrected chi connectivity index (χ3v) is 7.44. The van der Waals surface area contributed by atoms with E-state index in [0.717, 1.165) is 23.0 Å². The molecule has 188 valence electrons. The summed E-state index contributed by atoms with van der Waals surface area (Å²) in [7, 11) is 0. The summed E-state index contributed by atoms with van der Waals surface area (Å²) in [6.07, 6.45) is -4.19. The van der Waals surface area contributed by atoms with Gasteiger partial charge in [0, 0.05) is 36.0 Å². The van der Waals surface area contributed by atoms with Crippen molar-refractivity contribution in [2.24, 2.45) is 5.92 Å². The van der Waals surface area contributed by atoms with Crippen molar-refractivity contribution in [3.8, 4) is 0 Å². The Labute approximate surface area is 213 Å². The lowest BCUT2D eigenvalue weighted by molar-refractivity contribution is -0.137. The van der Waals surface area contributed by atoms with Crippen LogP contribution in [0.3, 0.4) is 0 Å². The van der Waals surface area contributed by atoms with Crippen molar-refractivity contribution in [2.45, 2.75) is 31.6 Å². The molecule has 0 bridgehead atoms. The number of benzene rings is 3. The number of piperazine rings is 1. The molecule has 0 aliphatic carbocycles. The second-order valence-corrected chi connectivity index (χ2v) is 9.92. The maximum absolute atomic E-state index is 13.6. The van der Waals surface area contributed by atoms with Crippen LogP contribution in [0.2, 0.25) is 5.02 Å². The van der Waals surface area contributed by atoms with E-state index >= 15 is 0 Å². The largest absolute Gasteiger partial charge is 0.416 e. The number of carbonyl (C=O) groups excluding carboxylic acids is 1. The van der Waals surface area contributed by atoms with Gasteiger partial charge in [-0.05, 0) is 60.9 Å². The lowest BCUT2D eigenvalue weighted by Crippen LogP contribution is -2.61. The Kier molecular flexibility index (Phi) is 6.60. The van der Waals surface area contributed by atoms with Crippen molar-refractivity contribution in [1.82, 2.24) is 5.32 Å². The van der Waals surface area contributed by atoms with Gasteiger partial charge in [0.1, 0.15) is 0 Å². The zero-order valence-corrected chi connectivity index (χ0v) is 20.6. The summed E-state index contributed by atoms with van der Waals surface area (Å²) in [6, 6.07) is 20.7. The highest BCUT2D eigenvalue weighted by molar-refractivity contribution is 6.30. The topological polar surface area (TPSA) is 35.6 Å². The number of fused-ring (bicyclic) bond motifs is 3. The maximum atomic E-state index is 13.6. The van der Waals surface area contributed by atoms with Crippen LogP contribution in [0, 0.1) is 5.92 Å². The third kappa shape index (κ3) is 4.89. The minimum absolute atomic E-state index is 0.155. The van der Waals surface area contributed by atoms with Gasteiger partial charge in [-0.3, -0.25) is 4.79 Å². The number of alkyl halides is 3. The van der Waals surface area contributed by atoms with E-state index in [2.05, 4.69) is 15.1 Å². The van der Waals surface area contributed by atoms with Crippen LogP contribution in [0.4, 0.5) is 24.5 Å². The molecule has 8 heteroatoms. The van der Waals surface area contributed by atoms with Gasteiger partial charge in [-0.2, -0.15) is 13.2 Å². The molecular weight excluding hydrogens is 487 g/mol. The fourth-order valence-electron chi connectivity index (χ4n) is 5.35. The summed E-state index contributed by atoms with van der Waals surface area (Å²) in [5.74, 6) is -0.661. The smallest absolute Gasteiger partial charge is 0.368 e. The molecular formula is C28H27ClF3N3O. The summed E-state index contributed by atoms with van der Waals surface area (Å²) in [6.45, 7) is 3.75. The average molecular weight is 514 g/mol. The molecule has 3 aromatic rings. The van der Waals surface area contributed by atoms with Crippen LogP contribution in [-0.2, 0) is 17.4 Å². The van der Waals surface area contributed by atoms with Crippen molar-refractivity contribution in [3.05, 3.63) is 94.5 Å². The molecule has 4 nitrogen and oxygen atoms in total. The highest BCUT2D eigenvalue weighted by atomic mass is 35.5. The Hall–Kier alpha value is -3.19. The molecule has 2 aliphatic rings. The molecule has 1 amide bonds. The number of anilines is 2. The van der Waals surface area contributed by atoms with E-state index in [1.165, 1.54) is 6.07 Å². The van der Waals surface area contributed by atoms with Gasteiger partial charge in [0.05, 0.1) is 23.6 Å². The molecule has 0 saturated carbocycles. The number of hydrogen-bond donors (Lipinski definition) is 1. The van der Waals surface area contributed by atoms with Gasteiger partial charge in [-0.15, -0.1) is 0 Å². The van der Waals surface area contributed by atoms with E-state index in [1.807, 2.05) is 61.5 Å². The van der Waals surface area contributed by atoms with Crippen molar-refractivity contribution in [3.63, 3.8) is 0 Å². The number of amides is 1. The first kappa shape index (κ1) is 24.5. The summed E-state index contributed by atoms with van der Waals surface area (Å²) in [4.78, 5) is 17.9. The number of halogens is 4. The molecule has 1 N–H and O–H groups in total. The van der Waals surface area contributed by atoms with Crippen LogP contribution in [-0.4, -0.2) is 31.6 Å². The maximum Gasteiger partial charge on any atom is 0.416 e. The molecule has 2 aliphatic heterocycles. The number of rotatable bonds is 4. The van der Waals surface area contributed by atoms with Crippen LogP contribution in [0.5, 0.6) is 0 Å². The quantitative estimate of drug-likeness (QED) is 0.457. The van der Waals surface area contributed by atoms with E-state index in [1.54, 1.807) is 6.07 Å². The fraction of sp³-hybridized carbons (Fsp3) is 0.321. The normalized spacial score (nSPS) is 20.4. The average Bonchev–Trinajstić information content (AvgIpc) is 2.87. The third-order valence-electron chi connectivity index (χ3n) is 7.21.